The first-order valence-electron chi connectivity index (χ1n) is 6.14. The van der Waals surface area contributed by atoms with Crippen molar-refractivity contribution in [2.24, 2.45) is 0 Å². The zero-order valence-electron chi connectivity index (χ0n) is 11.6. The van der Waals surface area contributed by atoms with Crippen molar-refractivity contribution in [3.63, 3.8) is 0 Å². The molecule has 0 spiro atoms. The lowest BCUT2D eigenvalue weighted by atomic mass is 9.99. The van der Waals surface area contributed by atoms with Gasteiger partial charge in [-0.25, -0.2) is 0 Å². The summed E-state index contributed by atoms with van der Waals surface area (Å²) in [5.74, 6) is 0.662. The third-order valence-corrected chi connectivity index (χ3v) is 3.20. The maximum absolute atomic E-state index is 12.5. The van der Waals surface area contributed by atoms with Gasteiger partial charge in [0, 0.05) is 5.56 Å². The molecule has 104 valence electrons. The van der Waals surface area contributed by atoms with Crippen LogP contribution < -0.4 is 9.47 Å². The number of phenolic OH excluding ortho intramolecular Hbond substituents is 1. The summed E-state index contributed by atoms with van der Waals surface area (Å²) in [7, 11) is 3.02. The molecule has 0 aromatic heterocycles. The van der Waals surface area contributed by atoms with E-state index in [1.54, 1.807) is 43.3 Å². The smallest absolute Gasteiger partial charge is 0.200 e. The Bertz CT molecular complexity index is 647. The molecule has 4 heteroatoms. The van der Waals surface area contributed by atoms with E-state index in [0.29, 0.717) is 22.6 Å². The van der Waals surface area contributed by atoms with Crippen LogP contribution in [0, 0.1) is 6.92 Å². The molecule has 4 nitrogen and oxygen atoms in total. The molecule has 0 aliphatic heterocycles. The van der Waals surface area contributed by atoms with E-state index in [4.69, 9.17) is 9.47 Å². The molecule has 0 atom stereocenters. The molecular weight excluding hydrogens is 256 g/mol. The van der Waals surface area contributed by atoms with Gasteiger partial charge in [-0.15, -0.1) is 0 Å². The average Bonchev–Trinajstić information content (AvgIpc) is 2.49. The lowest BCUT2D eigenvalue weighted by molar-refractivity contribution is 0.103. The summed E-state index contributed by atoms with van der Waals surface area (Å²) < 4.78 is 10.3. The van der Waals surface area contributed by atoms with E-state index in [2.05, 4.69) is 0 Å². The number of hydrogen-bond donors (Lipinski definition) is 1. The Morgan fingerprint density at radius 3 is 2.25 bits per heavy atom. The Labute approximate surface area is 117 Å². The average molecular weight is 272 g/mol. The molecule has 0 saturated heterocycles. The summed E-state index contributed by atoms with van der Waals surface area (Å²) in [5.41, 5.74) is 1.18. The van der Waals surface area contributed by atoms with Crippen LogP contribution >= 0.6 is 0 Å². The highest BCUT2D eigenvalue weighted by atomic mass is 16.5. The Balaban J connectivity index is 2.52. The lowest BCUT2D eigenvalue weighted by Crippen LogP contribution is -2.05. The number of ketones is 1. The summed E-state index contributed by atoms with van der Waals surface area (Å²) in [4.78, 5) is 12.5. The van der Waals surface area contributed by atoms with Gasteiger partial charge in [0.1, 0.15) is 17.2 Å². The first kappa shape index (κ1) is 13.9. The molecule has 0 saturated carbocycles. The Morgan fingerprint density at radius 2 is 1.60 bits per heavy atom. The molecule has 0 amide bonds. The molecule has 0 aliphatic carbocycles. The highest BCUT2D eigenvalue weighted by Crippen LogP contribution is 2.33. The van der Waals surface area contributed by atoms with Gasteiger partial charge in [0.25, 0.3) is 0 Å². The fourth-order valence-corrected chi connectivity index (χ4v) is 2.06. The Hall–Kier alpha value is -2.49. The van der Waals surface area contributed by atoms with Gasteiger partial charge >= 0.3 is 0 Å². The number of carbonyl (C=O) groups is 1. The number of aromatic hydroxyl groups is 1. The fraction of sp³-hybridized carbons (Fsp3) is 0.188. The second-order valence-electron chi connectivity index (χ2n) is 4.32. The van der Waals surface area contributed by atoms with Crippen LogP contribution in [0.15, 0.2) is 36.4 Å². The van der Waals surface area contributed by atoms with Crippen molar-refractivity contribution in [3.05, 3.63) is 53.1 Å². The van der Waals surface area contributed by atoms with Gasteiger partial charge in [0.05, 0.1) is 25.3 Å². The van der Waals surface area contributed by atoms with E-state index in [0.717, 1.165) is 0 Å². The summed E-state index contributed by atoms with van der Waals surface area (Å²) in [5, 5.41) is 10.2. The zero-order valence-corrected chi connectivity index (χ0v) is 11.6. The molecule has 20 heavy (non-hydrogen) atoms. The van der Waals surface area contributed by atoms with Crippen molar-refractivity contribution in [2.45, 2.75) is 6.92 Å². The van der Waals surface area contributed by atoms with Crippen LogP contribution in [0.2, 0.25) is 0 Å². The predicted octanol–water partition coefficient (Wildman–Crippen LogP) is 2.95. The van der Waals surface area contributed by atoms with Crippen LogP contribution in [-0.4, -0.2) is 25.1 Å². The molecule has 2 rings (SSSR count). The number of ether oxygens (including phenoxy) is 2. The van der Waals surface area contributed by atoms with E-state index in [-0.39, 0.29) is 17.1 Å². The van der Waals surface area contributed by atoms with Crippen molar-refractivity contribution < 1.29 is 19.4 Å². The molecule has 0 radical (unpaired) electrons. The van der Waals surface area contributed by atoms with E-state index in [1.165, 1.54) is 14.2 Å². The molecule has 0 heterocycles. The highest BCUT2D eigenvalue weighted by Gasteiger charge is 2.19. The van der Waals surface area contributed by atoms with E-state index in [9.17, 15) is 9.90 Å². The van der Waals surface area contributed by atoms with Crippen molar-refractivity contribution >= 4 is 5.78 Å². The van der Waals surface area contributed by atoms with Crippen LogP contribution in [0.1, 0.15) is 21.5 Å². The summed E-state index contributed by atoms with van der Waals surface area (Å²) in [6.07, 6.45) is 0. The Morgan fingerprint density at radius 1 is 0.950 bits per heavy atom. The van der Waals surface area contributed by atoms with Crippen molar-refractivity contribution in [3.8, 4) is 17.2 Å². The van der Waals surface area contributed by atoms with E-state index < -0.39 is 0 Å². The zero-order chi connectivity index (χ0) is 14.7. The normalized spacial score (nSPS) is 10.2. The fourth-order valence-electron chi connectivity index (χ4n) is 2.06. The minimum Gasteiger partial charge on any atom is -0.507 e. The second-order valence-corrected chi connectivity index (χ2v) is 4.32. The number of phenols is 1. The topological polar surface area (TPSA) is 55.8 Å². The standard InChI is InChI=1S/C16H16O4/c1-10-13(19-2)9-8-12(15(10)17)16(18)11-6-4-5-7-14(11)20-3/h4-9,17H,1-3H3. The van der Waals surface area contributed by atoms with Gasteiger partial charge in [-0.3, -0.25) is 4.79 Å². The van der Waals surface area contributed by atoms with Gasteiger partial charge in [0.2, 0.25) is 0 Å². The maximum Gasteiger partial charge on any atom is 0.200 e. The summed E-state index contributed by atoms with van der Waals surface area (Å²) >= 11 is 0. The SMILES string of the molecule is COc1ccccc1C(=O)c1ccc(OC)c(C)c1O. The van der Waals surface area contributed by atoms with Crippen molar-refractivity contribution in [1.29, 1.82) is 0 Å². The predicted molar refractivity (Wildman–Crippen MR) is 75.8 cm³/mol. The van der Waals surface area contributed by atoms with Gasteiger partial charge in [0.15, 0.2) is 5.78 Å². The van der Waals surface area contributed by atoms with Gasteiger partial charge in [-0.2, -0.15) is 0 Å². The van der Waals surface area contributed by atoms with Crippen molar-refractivity contribution in [2.75, 3.05) is 14.2 Å². The van der Waals surface area contributed by atoms with Gasteiger partial charge in [-0.05, 0) is 31.2 Å². The molecule has 0 bridgehead atoms. The summed E-state index contributed by atoms with van der Waals surface area (Å²) in [6, 6.07) is 10.1. The number of hydrogen-bond acceptors (Lipinski definition) is 4. The number of methoxy groups -OCH3 is 2. The van der Waals surface area contributed by atoms with E-state index in [1.807, 2.05) is 0 Å². The van der Waals surface area contributed by atoms with Crippen LogP contribution in [0.4, 0.5) is 0 Å². The largest absolute Gasteiger partial charge is 0.507 e. The lowest BCUT2D eigenvalue weighted by Gasteiger charge is -2.12. The quantitative estimate of drug-likeness (QED) is 0.869. The van der Waals surface area contributed by atoms with Crippen molar-refractivity contribution in [1.82, 2.24) is 0 Å². The maximum atomic E-state index is 12.5. The van der Waals surface area contributed by atoms with E-state index >= 15 is 0 Å². The highest BCUT2D eigenvalue weighted by molar-refractivity contribution is 6.12. The number of carbonyl (C=O) groups excluding carboxylic acids is 1. The number of benzene rings is 2. The molecule has 0 unspecified atom stereocenters. The molecule has 2 aromatic carbocycles. The Kier molecular flexibility index (Phi) is 3.94. The minimum absolute atomic E-state index is 0.0692. The summed E-state index contributed by atoms with van der Waals surface area (Å²) in [6.45, 7) is 1.70. The number of rotatable bonds is 4. The first-order valence-corrected chi connectivity index (χ1v) is 6.14. The van der Waals surface area contributed by atoms with Crippen LogP contribution in [0.25, 0.3) is 0 Å². The molecule has 2 aromatic rings. The van der Waals surface area contributed by atoms with Crippen LogP contribution in [0.5, 0.6) is 17.2 Å². The number of para-hydroxylation sites is 1. The van der Waals surface area contributed by atoms with Crippen LogP contribution in [-0.2, 0) is 0 Å². The monoisotopic (exact) mass is 272 g/mol. The molecule has 0 aliphatic rings. The minimum atomic E-state index is -0.286. The third kappa shape index (κ3) is 2.32. The molecule has 0 fully saturated rings. The van der Waals surface area contributed by atoms with Gasteiger partial charge < -0.3 is 14.6 Å². The first-order chi connectivity index (χ1) is 9.60. The molecular formula is C16H16O4. The van der Waals surface area contributed by atoms with Gasteiger partial charge in [-0.1, -0.05) is 12.1 Å². The third-order valence-electron chi connectivity index (χ3n) is 3.20. The van der Waals surface area contributed by atoms with Crippen LogP contribution in [0.3, 0.4) is 0 Å². The second kappa shape index (κ2) is 5.65. The molecule has 1 N–H and O–H groups in total.